The van der Waals surface area contributed by atoms with Crippen LogP contribution in [0.3, 0.4) is 0 Å². The van der Waals surface area contributed by atoms with Crippen molar-refractivity contribution in [1.29, 1.82) is 0 Å². The van der Waals surface area contributed by atoms with Crippen molar-refractivity contribution in [1.82, 2.24) is 24.7 Å². The number of aromatic nitrogens is 5. The first-order valence-electron chi connectivity index (χ1n) is 5.74. The predicted octanol–water partition coefficient (Wildman–Crippen LogP) is 0.641. The maximum atomic E-state index is 5.51. The van der Waals surface area contributed by atoms with Gasteiger partial charge >= 0.3 is 0 Å². The standard InChI is InChI=1S/C11H16N6/c1-3-9-15-10(4-2)17(16-9)11-13-6-8(5-12)7-14-11/h6-7H,3-5,12H2,1-2H3. The van der Waals surface area contributed by atoms with Gasteiger partial charge in [-0.3, -0.25) is 0 Å². The second kappa shape index (κ2) is 5.01. The van der Waals surface area contributed by atoms with Crippen LogP contribution in [0.5, 0.6) is 0 Å². The van der Waals surface area contributed by atoms with Crippen molar-refractivity contribution in [2.75, 3.05) is 0 Å². The maximum absolute atomic E-state index is 5.51. The highest BCUT2D eigenvalue weighted by molar-refractivity contribution is 5.15. The van der Waals surface area contributed by atoms with Gasteiger partial charge < -0.3 is 5.73 Å². The van der Waals surface area contributed by atoms with E-state index in [0.29, 0.717) is 12.5 Å². The first-order valence-corrected chi connectivity index (χ1v) is 5.74. The molecule has 0 radical (unpaired) electrons. The van der Waals surface area contributed by atoms with E-state index in [4.69, 9.17) is 5.73 Å². The molecule has 0 atom stereocenters. The van der Waals surface area contributed by atoms with E-state index in [-0.39, 0.29) is 0 Å². The lowest BCUT2D eigenvalue weighted by atomic mass is 10.3. The monoisotopic (exact) mass is 232 g/mol. The van der Waals surface area contributed by atoms with E-state index in [1.807, 2.05) is 13.8 Å². The fourth-order valence-electron chi connectivity index (χ4n) is 1.49. The van der Waals surface area contributed by atoms with Crippen LogP contribution in [-0.4, -0.2) is 24.7 Å². The van der Waals surface area contributed by atoms with E-state index in [1.54, 1.807) is 17.1 Å². The maximum Gasteiger partial charge on any atom is 0.252 e. The molecule has 2 aromatic rings. The number of aryl methyl sites for hydroxylation is 2. The Hall–Kier alpha value is -1.82. The van der Waals surface area contributed by atoms with Crippen molar-refractivity contribution < 1.29 is 0 Å². The molecule has 90 valence electrons. The summed E-state index contributed by atoms with van der Waals surface area (Å²) >= 11 is 0. The molecule has 6 heteroatoms. The molecule has 17 heavy (non-hydrogen) atoms. The summed E-state index contributed by atoms with van der Waals surface area (Å²) in [5, 5.41) is 4.37. The van der Waals surface area contributed by atoms with Crippen LogP contribution in [-0.2, 0) is 19.4 Å². The molecule has 2 heterocycles. The molecule has 0 spiro atoms. The van der Waals surface area contributed by atoms with Gasteiger partial charge in [0.15, 0.2) is 5.82 Å². The number of hydrogen-bond donors (Lipinski definition) is 1. The van der Waals surface area contributed by atoms with Crippen molar-refractivity contribution in [3.8, 4) is 5.95 Å². The zero-order valence-corrected chi connectivity index (χ0v) is 10.1. The lowest BCUT2D eigenvalue weighted by Gasteiger charge is -2.02. The summed E-state index contributed by atoms with van der Waals surface area (Å²) in [7, 11) is 0. The first kappa shape index (κ1) is 11.7. The van der Waals surface area contributed by atoms with Gasteiger partial charge in [0.05, 0.1) is 0 Å². The van der Waals surface area contributed by atoms with Crippen LogP contribution >= 0.6 is 0 Å². The topological polar surface area (TPSA) is 82.5 Å². The Morgan fingerprint density at radius 1 is 1.18 bits per heavy atom. The van der Waals surface area contributed by atoms with Gasteiger partial charge in [-0.2, -0.15) is 4.68 Å². The molecule has 0 fully saturated rings. The van der Waals surface area contributed by atoms with Crippen LogP contribution < -0.4 is 5.73 Å². The molecular weight excluding hydrogens is 216 g/mol. The Bertz CT molecular complexity index is 487. The SMILES string of the molecule is CCc1nc(CC)n(-c2ncc(CN)cn2)n1. The Kier molecular flexibility index (Phi) is 3.43. The summed E-state index contributed by atoms with van der Waals surface area (Å²) in [6.07, 6.45) is 5.04. The van der Waals surface area contributed by atoms with E-state index < -0.39 is 0 Å². The number of nitrogens with zero attached hydrogens (tertiary/aromatic N) is 5. The normalized spacial score (nSPS) is 10.8. The fourth-order valence-corrected chi connectivity index (χ4v) is 1.49. The van der Waals surface area contributed by atoms with Crippen molar-refractivity contribution in [3.63, 3.8) is 0 Å². The largest absolute Gasteiger partial charge is 0.326 e. The minimum Gasteiger partial charge on any atom is -0.326 e. The molecule has 0 aliphatic heterocycles. The van der Waals surface area contributed by atoms with Gasteiger partial charge in [-0.25, -0.2) is 15.0 Å². The van der Waals surface area contributed by atoms with Crippen molar-refractivity contribution >= 4 is 0 Å². The molecule has 0 saturated heterocycles. The quantitative estimate of drug-likeness (QED) is 0.836. The van der Waals surface area contributed by atoms with Gasteiger partial charge in [-0.05, 0) is 0 Å². The van der Waals surface area contributed by atoms with Crippen molar-refractivity contribution in [2.24, 2.45) is 5.73 Å². The van der Waals surface area contributed by atoms with E-state index in [2.05, 4.69) is 20.1 Å². The van der Waals surface area contributed by atoms with Gasteiger partial charge in [0.1, 0.15) is 5.82 Å². The zero-order valence-electron chi connectivity index (χ0n) is 10.1. The highest BCUT2D eigenvalue weighted by atomic mass is 15.4. The zero-order chi connectivity index (χ0) is 12.3. The second-order valence-corrected chi connectivity index (χ2v) is 3.66. The molecule has 0 bridgehead atoms. The molecule has 0 aliphatic rings. The Balaban J connectivity index is 2.40. The average Bonchev–Trinajstić information content (AvgIpc) is 2.82. The van der Waals surface area contributed by atoms with Crippen LogP contribution in [0, 0.1) is 0 Å². The molecule has 2 aromatic heterocycles. The molecule has 2 rings (SSSR count). The lowest BCUT2D eigenvalue weighted by Crippen LogP contribution is -2.08. The van der Waals surface area contributed by atoms with Crippen LogP contribution in [0.15, 0.2) is 12.4 Å². The van der Waals surface area contributed by atoms with Gasteiger partial charge in [0.2, 0.25) is 0 Å². The predicted molar refractivity (Wildman–Crippen MR) is 63.6 cm³/mol. The van der Waals surface area contributed by atoms with E-state index in [0.717, 1.165) is 30.1 Å². The van der Waals surface area contributed by atoms with Crippen molar-refractivity contribution in [3.05, 3.63) is 29.6 Å². The molecule has 0 aromatic carbocycles. The van der Waals surface area contributed by atoms with E-state index in [9.17, 15) is 0 Å². The van der Waals surface area contributed by atoms with Gasteiger partial charge in [-0.15, -0.1) is 5.10 Å². The fraction of sp³-hybridized carbons (Fsp3) is 0.455. The summed E-state index contributed by atoms with van der Waals surface area (Å²) in [5.74, 6) is 2.24. The Labute approximate surface area is 99.9 Å². The van der Waals surface area contributed by atoms with Crippen molar-refractivity contribution in [2.45, 2.75) is 33.2 Å². The third-order valence-corrected chi connectivity index (χ3v) is 2.47. The molecule has 0 amide bonds. The van der Waals surface area contributed by atoms with Crippen LogP contribution in [0.2, 0.25) is 0 Å². The first-order chi connectivity index (χ1) is 8.28. The Morgan fingerprint density at radius 2 is 1.88 bits per heavy atom. The minimum atomic E-state index is 0.443. The highest BCUT2D eigenvalue weighted by Crippen LogP contribution is 2.06. The molecular formula is C11H16N6. The molecule has 0 saturated carbocycles. The minimum absolute atomic E-state index is 0.443. The molecule has 0 aliphatic carbocycles. The lowest BCUT2D eigenvalue weighted by molar-refractivity contribution is 0.739. The highest BCUT2D eigenvalue weighted by Gasteiger charge is 2.10. The summed E-state index contributed by atoms with van der Waals surface area (Å²) in [4.78, 5) is 12.9. The Morgan fingerprint density at radius 3 is 2.41 bits per heavy atom. The second-order valence-electron chi connectivity index (χ2n) is 3.66. The van der Waals surface area contributed by atoms with Crippen LogP contribution in [0.4, 0.5) is 0 Å². The third-order valence-electron chi connectivity index (χ3n) is 2.47. The number of hydrogen-bond acceptors (Lipinski definition) is 5. The molecule has 0 unspecified atom stereocenters. The summed E-state index contributed by atoms with van der Waals surface area (Å²) in [6.45, 7) is 4.50. The van der Waals surface area contributed by atoms with Crippen LogP contribution in [0.25, 0.3) is 5.95 Å². The van der Waals surface area contributed by atoms with E-state index in [1.165, 1.54) is 0 Å². The molecule has 6 nitrogen and oxygen atoms in total. The van der Waals surface area contributed by atoms with Gasteiger partial charge in [0.25, 0.3) is 5.95 Å². The van der Waals surface area contributed by atoms with Gasteiger partial charge in [0, 0.05) is 37.3 Å². The summed E-state index contributed by atoms with van der Waals surface area (Å²) in [6, 6.07) is 0. The van der Waals surface area contributed by atoms with Crippen LogP contribution in [0.1, 0.15) is 31.1 Å². The third kappa shape index (κ3) is 2.31. The average molecular weight is 232 g/mol. The summed E-state index contributed by atoms with van der Waals surface area (Å²) in [5.41, 5.74) is 6.41. The number of rotatable bonds is 4. The molecule has 2 N–H and O–H groups in total. The van der Waals surface area contributed by atoms with Gasteiger partial charge in [-0.1, -0.05) is 13.8 Å². The number of nitrogens with two attached hydrogens (primary N) is 1. The smallest absolute Gasteiger partial charge is 0.252 e. The summed E-state index contributed by atoms with van der Waals surface area (Å²) < 4.78 is 1.69. The van der Waals surface area contributed by atoms with E-state index >= 15 is 0 Å².